The van der Waals surface area contributed by atoms with Gasteiger partial charge in [-0.3, -0.25) is 0 Å². The Hall–Kier alpha value is -1.08. The average Bonchev–Trinajstić information content (AvgIpc) is 2.57. The third kappa shape index (κ3) is 4.35. The van der Waals surface area contributed by atoms with Crippen molar-refractivity contribution in [3.63, 3.8) is 0 Å². The molecule has 0 spiro atoms. The lowest BCUT2D eigenvalue weighted by molar-refractivity contribution is -0.192. The second kappa shape index (κ2) is 5.50. The molecule has 0 saturated heterocycles. The molecule has 0 bridgehead atoms. The summed E-state index contributed by atoms with van der Waals surface area (Å²) in [5.74, 6) is -2.76. The molecule has 96 valence electrons. The highest BCUT2D eigenvalue weighted by Gasteiger charge is 2.38. The third-order valence-electron chi connectivity index (χ3n) is 2.11. The Kier molecular flexibility index (Phi) is 4.53. The van der Waals surface area contributed by atoms with Crippen molar-refractivity contribution in [3.05, 3.63) is 21.4 Å². The molecule has 0 aliphatic carbocycles. The van der Waals surface area contributed by atoms with E-state index in [0.717, 1.165) is 13.1 Å². The molecule has 7 heteroatoms. The fourth-order valence-corrected chi connectivity index (χ4v) is 2.46. The number of alkyl halides is 3. The van der Waals surface area contributed by atoms with Crippen LogP contribution in [-0.2, 0) is 17.8 Å². The summed E-state index contributed by atoms with van der Waals surface area (Å²) in [5.41, 5.74) is 1.52. The van der Waals surface area contributed by atoms with Gasteiger partial charge in [0.05, 0.1) is 0 Å². The summed E-state index contributed by atoms with van der Waals surface area (Å²) in [4.78, 5) is 11.9. The van der Waals surface area contributed by atoms with Crippen LogP contribution in [0.15, 0.2) is 6.07 Å². The van der Waals surface area contributed by atoms with Crippen molar-refractivity contribution in [2.75, 3.05) is 6.54 Å². The Bertz CT molecular complexity index is 377. The van der Waals surface area contributed by atoms with E-state index in [0.29, 0.717) is 0 Å². The quantitative estimate of drug-likeness (QED) is 0.758. The monoisotopic (exact) mass is 267 g/mol. The number of carboxylic acids is 1. The minimum absolute atomic E-state index is 1.08. The van der Waals surface area contributed by atoms with E-state index in [1.54, 1.807) is 4.88 Å². The molecule has 0 saturated carbocycles. The number of hydrogen-bond donors (Lipinski definition) is 2. The van der Waals surface area contributed by atoms with E-state index in [-0.39, 0.29) is 0 Å². The molecule has 1 aromatic rings. The average molecular weight is 267 g/mol. The van der Waals surface area contributed by atoms with Crippen molar-refractivity contribution in [2.45, 2.75) is 26.1 Å². The number of carboxylic acid groups (broad SMARTS) is 1. The van der Waals surface area contributed by atoms with Crippen LogP contribution in [0.5, 0.6) is 0 Å². The minimum Gasteiger partial charge on any atom is -0.475 e. The largest absolute Gasteiger partial charge is 0.490 e. The molecule has 1 aliphatic rings. The fraction of sp³-hybridized carbons (Fsp3) is 0.500. The summed E-state index contributed by atoms with van der Waals surface area (Å²) >= 11 is 1.95. The lowest BCUT2D eigenvalue weighted by Gasteiger charge is -2.10. The maximum absolute atomic E-state index is 10.6. The maximum Gasteiger partial charge on any atom is 0.490 e. The molecule has 2 N–H and O–H groups in total. The SMILES string of the molecule is Cc1cc2c(s1)CCNC2.O=C(O)C(F)(F)F. The number of thiophene rings is 1. The van der Waals surface area contributed by atoms with Gasteiger partial charge in [0.15, 0.2) is 0 Å². The van der Waals surface area contributed by atoms with Crippen LogP contribution >= 0.6 is 11.3 Å². The van der Waals surface area contributed by atoms with Crippen LogP contribution in [-0.4, -0.2) is 23.8 Å². The molecule has 0 atom stereocenters. The first-order valence-electron chi connectivity index (χ1n) is 4.89. The van der Waals surface area contributed by atoms with Crippen LogP contribution in [0, 0.1) is 6.92 Å². The van der Waals surface area contributed by atoms with E-state index in [4.69, 9.17) is 9.90 Å². The van der Waals surface area contributed by atoms with Gasteiger partial charge in [-0.2, -0.15) is 13.2 Å². The topological polar surface area (TPSA) is 49.3 Å². The number of hydrogen-bond acceptors (Lipinski definition) is 3. The highest BCUT2D eigenvalue weighted by atomic mass is 32.1. The van der Waals surface area contributed by atoms with E-state index in [1.165, 1.54) is 16.9 Å². The zero-order chi connectivity index (χ0) is 13.1. The van der Waals surface area contributed by atoms with Gasteiger partial charge in [0.1, 0.15) is 0 Å². The second-order valence-electron chi connectivity index (χ2n) is 3.54. The van der Waals surface area contributed by atoms with Crippen LogP contribution in [0.1, 0.15) is 15.3 Å². The molecular weight excluding hydrogens is 255 g/mol. The standard InChI is InChI=1S/C8H11NS.C2HF3O2/c1-6-4-7-5-9-3-2-8(7)10-6;3-2(4,5)1(6)7/h4,9H,2-3,5H2,1H3;(H,6,7). The van der Waals surface area contributed by atoms with Gasteiger partial charge in [-0.15, -0.1) is 11.3 Å². The predicted molar refractivity (Wildman–Crippen MR) is 58.2 cm³/mol. The summed E-state index contributed by atoms with van der Waals surface area (Å²) in [5, 5.41) is 10.5. The smallest absolute Gasteiger partial charge is 0.475 e. The van der Waals surface area contributed by atoms with Crippen molar-refractivity contribution in [1.29, 1.82) is 0 Å². The highest BCUT2D eigenvalue weighted by molar-refractivity contribution is 7.12. The Morgan fingerprint density at radius 3 is 2.59 bits per heavy atom. The number of aliphatic carboxylic acids is 1. The van der Waals surface area contributed by atoms with Gasteiger partial charge < -0.3 is 10.4 Å². The van der Waals surface area contributed by atoms with Gasteiger partial charge >= 0.3 is 12.1 Å². The van der Waals surface area contributed by atoms with E-state index in [1.807, 2.05) is 11.3 Å². The van der Waals surface area contributed by atoms with Crippen molar-refractivity contribution in [1.82, 2.24) is 5.32 Å². The van der Waals surface area contributed by atoms with Gasteiger partial charge in [-0.1, -0.05) is 0 Å². The van der Waals surface area contributed by atoms with Gasteiger partial charge in [0.25, 0.3) is 0 Å². The molecule has 17 heavy (non-hydrogen) atoms. The molecule has 3 nitrogen and oxygen atoms in total. The van der Waals surface area contributed by atoms with Crippen molar-refractivity contribution < 1.29 is 23.1 Å². The summed E-state index contributed by atoms with van der Waals surface area (Å²) in [6, 6.07) is 2.30. The molecule has 1 aromatic heterocycles. The molecular formula is C10H12F3NO2S. The number of carbonyl (C=O) groups is 1. The number of aryl methyl sites for hydroxylation is 1. The van der Waals surface area contributed by atoms with E-state index in [2.05, 4.69) is 18.3 Å². The molecule has 0 aromatic carbocycles. The van der Waals surface area contributed by atoms with Crippen LogP contribution in [0.2, 0.25) is 0 Å². The van der Waals surface area contributed by atoms with E-state index < -0.39 is 12.1 Å². The zero-order valence-corrected chi connectivity index (χ0v) is 9.91. The normalized spacial score (nSPS) is 14.6. The number of rotatable bonds is 0. The molecule has 0 amide bonds. The van der Waals surface area contributed by atoms with Crippen molar-refractivity contribution >= 4 is 17.3 Å². The maximum atomic E-state index is 10.6. The van der Waals surface area contributed by atoms with E-state index >= 15 is 0 Å². The van der Waals surface area contributed by atoms with Crippen LogP contribution in [0.3, 0.4) is 0 Å². The molecule has 2 heterocycles. The lowest BCUT2D eigenvalue weighted by atomic mass is 10.1. The Morgan fingerprint density at radius 1 is 1.53 bits per heavy atom. The summed E-state index contributed by atoms with van der Waals surface area (Å²) in [7, 11) is 0. The summed E-state index contributed by atoms with van der Waals surface area (Å²) < 4.78 is 31.7. The van der Waals surface area contributed by atoms with Gasteiger partial charge in [0, 0.05) is 22.8 Å². The molecule has 1 aliphatic heterocycles. The summed E-state index contributed by atoms with van der Waals surface area (Å²) in [6.07, 6.45) is -3.85. The van der Waals surface area contributed by atoms with Gasteiger partial charge in [-0.25, -0.2) is 4.79 Å². The summed E-state index contributed by atoms with van der Waals surface area (Å²) in [6.45, 7) is 4.43. The lowest BCUT2D eigenvalue weighted by Crippen LogP contribution is -2.21. The number of halogens is 3. The van der Waals surface area contributed by atoms with Crippen molar-refractivity contribution in [3.8, 4) is 0 Å². The first kappa shape index (κ1) is 14.0. The molecule has 0 unspecified atom stereocenters. The third-order valence-corrected chi connectivity index (χ3v) is 3.26. The number of fused-ring (bicyclic) bond motifs is 1. The Morgan fingerprint density at radius 2 is 2.12 bits per heavy atom. The van der Waals surface area contributed by atoms with Crippen LogP contribution in [0.4, 0.5) is 13.2 Å². The van der Waals surface area contributed by atoms with Gasteiger partial charge in [-0.05, 0) is 25.0 Å². The first-order chi connectivity index (χ1) is 7.80. The van der Waals surface area contributed by atoms with E-state index in [9.17, 15) is 13.2 Å². The first-order valence-corrected chi connectivity index (χ1v) is 5.71. The van der Waals surface area contributed by atoms with Gasteiger partial charge in [0.2, 0.25) is 0 Å². The van der Waals surface area contributed by atoms with Crippen LogP contribution < -0.4 is 5.32 Å². The fourth-order valence-electron chi connectivity index (χ4n) is 1.40. The van der Waals surface area contributed by atoms with Crippen molar-refractivity contribution in [2.24, 2.45) is 0 Å². The zero-order valence-electron chi connectivity index (χ0n) is 9.10. The molecule has 2 rings (SSSR count). The Labute approximate surface area is 100 Å². The highest BCUT2D eigenvalue weighted by Crippen LogP contribution is 2.23. The second-order valence-corrected chi connectivity index (χ2v) is 4.88. The number of nitrogens with one attached hydrogen (secondary N) is 1. The minimum atomic E-state index is -5.08. The molecule has 0 fully saturated rings. The Balaban J connectivity index is 0.000000185. The molecule has 0 radical (unpaired) electrons. The van der Waals surface area contributed by atoms with Crippen LogP contribution in [0.25, 0.3) is 0 Å². The predicted octanol–water partition coefficient (Wildman–Crippen LogP) is 2.34.